The van der Waals surface area contributed by atoms with Gasteiger partial charge in [0.1, 0.15) is 5.00 Å². The second-order valence-electron chi connectivity index (χ2n) is 5.18. The Morgan fingerprint density at radius 1 is 1.38 bits per heavy atom. The summed E-state index contributed by atoms with van der Waals surface area (Å²) in [5.74, 6) is 0.434. The van der Waals surface area contributed by atoms with Crippen LogP contribution >= 0.6 is 23.1 Å². The van der Waals surface area contributed by atoms with Crippen LogP contribution in [-0.2, 0) is 6.54 Å². The van der Waals surface area contributed by atoms with Crippen molar-refractivity contribution in [2.24, 2.45) is 5.92 Å². The number of rotatable bonds is 6. The van der Waals surface area contributed by atoms with Gasteiger partial charge in [-0.15, -0.1) is 23.1 Å². The van der Waals surface area contributed by atoms with Gasteiger partial charge < -0.3 is 11.1 Å². The van der Waals surface area contributed by atoms with E-state index < -0.39 is 0 Å². The molecule has 1 aromatic heterocycles. The molecule has 2 aromatic rings. The minimum Gasteiger partial charge on any atom is -0.396 e. The molecule has 0 unspecified atom stereocenters. The lowest BCUT2D eigenvalue weighted by Crippen LogP contribution is -2.02. The van der Waals surface area contributed by atoms with Crippen LogP contribution in [0.15, 0.2) is 35.2 Å². The Kier molecular flexibility index (Phi) is 4.22. The number of benzene rings is 1. The van der Waals surface area contributed by atoms with Gasteiger partial charge in [-0.1, -0.05) is 30.3 Å². The molecule has 0 radical (unpaired) electrons. The summed E-state index contributed by atoms with van der Waals surface area (Å²) in [7, 11) is 0. The van der Waals surface area contributed by atoms with Gasteiger partial charge in [0.2, 0.25) is 0 Å². The number of Topliss-reactive ketones (excluding diaryl/α,β-unsaturated/α-hetero) is 1. The molecule has 21 heavy (non-hydrogen) atoms. The first-order valence-electron chi connectivity index (χ1n) is 6.99. The van der Waals surface area contributed by atoms with E-state index in [-0.39, 0.29) is 11.7 Å². The molecule has 1 saturated carbocycles. The molecule has 1 fully saturated rings. The Balaban J connectivity index is 1.80. The van der Waals surface area contributed by atoms with Crippen LogP contribution in [0.3, 0.4) is 0 Å². The van der Waals surface area contributed by atoms with Crippen molar-refractivity contribution in [3.05, 3.63) is 40.8 Å². The molecule has 1 heterocycles. The number of hydrogen-bond acceptors (Lipinski definition) is 5. The number of carbonyl (C=O) groups excluding carboxylic acids is 1. The lowest BCUT2D eigenvalue weighted by Gasteiger charge is -2.06. The third-order valence-electron chi connectivity index (χ3n) is 3.57. The van der Waals surface area contributed by atoms with Gasteiger partial charge >= 0.3 is 0 Å². The van der Waals surface area contributed by atoms with E-state index in [1.54, 1.807) is 11.8 Å². The minimum absolute atomic E-state index is 0.211. The van der Waals surface area contributed by atoms with Crippen LogP contribution in [0.2, 0.25) is 0 Å². The van der Waals surface area contributed by atoms with Crippen LogP contribution in [0, 0.1) is 5.92 Å². The van der Waals surface area contributed by atoms with Gasteiger partial charge in [0, 0.05) is 12.5 Å². The average Bonchev–Trinajstić information content (AvgIpc) is 3.30. The SMILES string of the molecule is CSc1c(NCc2ccccc2)sc(C(=O)C2CC2)c1N. The zero-order chi connectivity index (χ0) is 14.8. The number of nitrogen functional groups attached to an aromatic ring is 1. The topological polar surface area (TPSA) is 55.1 Å². The third-order valence-corrected chi connectivity index (χ3v) is 5.71. The highest BCUT2D eigenvalue weighted by molar-refractivity contribution is 7.99. The number of hydrogen-bond donors (Lipinski definition) is 2. The minimum atomic E-state index is 0.211. The molecule has 1 aliphatic rings. The molecule has 3 nitrogen and oxygen atoms in total. The Hall–Kier alpha value is -1.46. The second-order valence-corrected chi connectivity index (χ2v) is 7.02. The van der Waals surface area contributed by atoms with E-state index >= 15 is 0 Å². The molecule has 0 spiro atoms. The molecule has 0 saturated heterocycles. The standard InChI is InChI=1S/C16H18N2OS2/c1-20-15-12(17)14(13(19)11-7-8-11)21-16(15)18-9-10-5-3-2-4-6-10/h2-6,11,18H,7-9,17H2,1H3. The number of nitrogens with two attached hydrogens (primary N) is 1. The van der Waals surface area contributed by atoms with Crippen molar-refractivity contribution in [1.29, 1.82) is 0 Å². The Labute approximate surface area is 132 Å². The van der Waals surface area contributed by atoms with E-state index in [0.29, 0.717) is 5.69 Å². The van der Waals surface area contributed by atoms with E-state index in [0.717, 1.165) is 34.2 Å². The summed E-state index contributed by atoms with van der Waals surface area (Å²) in [6.07, 6.45) is 4.02. The summed E-state index contributed by atoms with van der Waals surface area (Å²) in [4.78, 5) is 14.0. The summed E-state index contributed by atoms with van der Waals surface area (Å²) < 4.78 is 0. The maximum absolute atomic E-state index is 12.3. The molecule has 0 amide bonds. The van der Waals surface area contributed by atoms with Crippen LogP contribution in [-0.4, -0.2) is 12.0 Å². The summed E-state index contributed by atoms with van der Waals surface area (Å²) in [6, 6.07) is 10.2. The van der Waals surface area contributed by atoms with Crippen molar-refractivity contribution in [3.8, 4) is 0 Å². The fourth-order valence-electron chi connectivity index (χ4n) is 2.24. The van der Waals surface area contributed by atoms with Gasteiger partial charge in [0.25, 0.3) is 0 Å². The predicted octanol–water partition coefficient (Wildman–Crippen LogP) is 4.26. The predicted molar refractivity (Wildman–Crippen MR) is 91.3 cm³/mol. The van der Waals surface area contributed by atoms with Crippen LogP contribution in [0.1, 0.15) is 28.1 Å². The highest BCUT2D eigenvalue weighted by Gasteiger charge is 2.33. The van der Waals surface area contributed by atoms with Crippen molar-refractivity contribution in [1.82, 2.24) is 0 Å². The van der Waals surface area contributed by atoms with Crippen LogP contribution in [0.4, 0.5) is 10.7 Å². The first kappa shape index (κ1) is 14.5. The van der Waals surface area contributed by atoms with Crippen LogP contribution < -0.4 is 11.1 Å². The van der Waals surface area contributed by atoms with Gasteiger partial charge in [-0.05, 0) is 24.7 Å². The van der Waals surface area contributed by atoms with Crippen LogP contribution in [0.5, 0.6) is 0 Å². The van der Waals surface area contributed by atoms with E-state index in [1.165, 1.54) is 16.9 Å². The largest absolute Gasteiger partial charge is 0.396 e. The molecule has 3 rings (SSSR count). The van der Waals surface area contributed by atoms with Gasteiger partial charge in [-0.2, -0.15) is 0 Å². The molecule has 110 valence electrons. The van der Waals surface area contributed by atoms with Gasteiger partial charge in [0.05, 0.1) is 15.5 Å². The number of ketones is 1. The Bertz CT molecular complexity index is 648. The number of nitrogens with one attached hydrogen (secondary N) is 1. The van der Waals surface area contributed by atoms with Crippen molar-refractivity contribution in [2.75, 3.05) is 17.3 Å². The number of thiophene rings is 1. The summed E-state index contributed by atoms with van der Waals surface area (Å²) >= 11 is 3.10. The molecule has 0 bridgehead atoms. The number of thioether (sulfide) groups is 1. The van der Waals surface area contributed by atoms with Gasteiger partial charge in [0.15, 0.2) is 5.78 Å². The molecule has 1 aromatic carbocycles. The molecule has 0 aliphatic heterocycles. The number of carbonyl (C=O) groups is 1. The lowest BCUT2D eigenvalue weighted by atomic mass is 10.2. The number of anilines is 2. The lowest BCUT2D eigenvalue weighted by molar-refractivity contribution is 0.0972. The highest BCUT2D eigenvalue weighted by Crippen LogP contribution is 2.45. The monoisotopic (exact) mass is 318 g/mol. The summed E-state index contributed by atoms with van der Waals surface area (Å²) in [5, 5.41) is 4.43. The second kappa shape index (κ2) is 6.12. The van der Waals surface area contributed by atoms with Crippen molar-refractivity contribution < 1.29 is 4.79 Å². The highest BCUT2D eigenvalue weighted by atomic mass is 32.2. The molecule has 3 N–H and O–H groups in total. The van der Waals surface area contributed by atoms with E-state index in [1.807, 2.05) is 24.5 Å². The van der Waals surface area contributed by atoms with E-state index in [2.05, 4.69) is 17.4 Å². The quantitative estimate of drug-likeness (QED) is 0.617. The van der Waals surface area contributed by atoms with Crippen molar-refractivity contribution in [3.63, 3.8) is 0 Å². The molecule has 0 atom stereocenters. The fraction of sp³-hybridized carbons (Fsp3) is 0.312. The van der Waals surface area contributed by atoms with Gasteiger partial charge in [-0.3, -0.25) is 4.79 Å². The van der Waals surface area contributed by atoms with Crippen molar-refractivity contribution in [2.45, 2.75) is 24.3 Å². The molecular weight excluding hydrogens is 300 g/mol. The van der Waals surface area contributed by atoms with E-state index in [4.69, 9.17) is 5.73 Å². The summed E-state index contributed by atoms with van der Waals surface area (Å²) in [6.45, 7) is 0.741. The normalized spacial score (nSPS) is 14.1. The first-order valence-corrected chi connectivity index (χ1v) is 9.03. The zero-order valence-corrected chi connectivity index (χ0v) is 13.5. The smallest absolute Gasteiger partial charge is 0.178 e. The Morgan fingerprint density at radius 3 is 2.71 bits per heavy atom. The maximum Gasteiger partial charge on any atom is 0.178 e. The molecule has 5 heteroatoms. The third kappa shape index (κ3) is 3.09. The average molecular weight is 318 g/mol. The Morgan fingerprint density at radius 2 is 2.10 bits per heavy atom. The first-order chi connectivity index (χ1) is 10.2. The maximum atomic E-state index is 12.3. The molecular formula is C16H18N2OS2. The van der Waals surface area contributed by atoms with Gasteiger partial charge in [-0.25, -0.2) is 0 Å². The van der Waals surface area contributed by atoms with E-state index in [9.17, 15) is 4.79 Å². The van der Waals surface area contributed by atoms with Crippen LogP contribution in [0.25, 0.3) is 0 Å². The van der Waals surface area contributed by atoms with Crippen molar-refractivity contribution >= 4 is 39.6 Å². The fourth-order valence-corrected chi connectivity index (χ4v) is 4.29. The zero-order valence-electron chi connectivity index (χ0n) is 11.9. The summed E-state index contributed by atoms with van der Waals surface area (Å²) in [5.41, 5.74) is 8.05. The molecule has 1 aliphatic carbocycles.